The van der Waals surface area contributed by atoms with E-state index in [2.05, 4.69) is 78.6 Å². The summed E-state index contributed by atoms with van der Waals surface area (Å²) < 4.78 is 5.76. The van der Waals surface area contributed by atoms with Crippen molar-refractivity contribution in [2.45, 2.75) is 73.5 Å². The van der Waals surface area contributed by atoms with Gasteiger partial charge in [0.2, 0.25) is 0 Å². The summed E-state index contributed by atoms with van der Waals surface area (Å²) in [7, 11) is -1.28. The van der Waals surface area contributed by atoms with Gasteiger partial charge in [0.1, 0.15) is 0 Å². The van der Waals surface area contributed by atoms with Crippen LogP contribution in [0.25, 0.3) is 0 Å². The summed E-state index contributed by atoms with van der Waals surface area (Å²) in [6.45, 7) is 18.5. The monoisotopic (exact) mass is 490 g/mol. The average Bonchev–Trinajstić information content (AvgIpc) is 2.99. The van der Waals surface area contributed by atoms with Gasteiger partial charge in [0.05, 0.1) is 0 Å². The summed E-state index contributed by atoms with van der Waals surface area (Å²) in [4.78, 5) is 0. The van der Waals surface area contributed by atoms with Gasteiger partial charge in [0.25, 0.3) is 0 Å². The van der Waals surface area contributed by atoms with Crippen LogP contribution in [0.4, 0.5) is 0 Å². The first-order valence-electron chi connectivity index (χ1n) is 8.73. The predicted molar refractivity (Wildman–Crippen MR) is 104 cm³/mol. The summed E-state index contributed by atoms with van der Waals surface area (Å²) in [6.07, 6.45) is 14.4. The van der Waals surface area contributed by atoms with Crippen molar-refractivity contribution in [1.29, 1.82) is 0 Å². The first kappa shape index (κ1) is 31.3. The van der Waals surface area contributed by atoms with Crippen molar-refractivity contribution >= 4 is 8.32 Å². The van der Waals surface area contributed by atoms with E-state index in [0.717, 1.165) is 25.9 Å². The maximum atomic E-state index is 5.76. The standard InChI is InChI=1S/C11H19OSi.C10H15.2ClH.Zr/c1-13(2,3)12-10-6-9-11-7-4-5-8-11;1-7-6-10(4,5)9(3)8(7)2;;;/h4,7H,5-6,9-10H2,1-3H3;1-5H3;2*1H;/q2*-1;;;+4/p-2. The first-order valence-corrected chi connectivity index (χ1v) is 12.1. The summed E-state index contributed by atoms with van der Waals surface area (Å²) in [6, 6.07) is 0. The van der Waals surface area contributed by atoms with Crippen LogP contribution in [0.5, 0.6) is 0 Å². The van der Waals surface area contributed by atoms with Crippen molar-refractivity contribution in [2.75, 3.05) is 6.61 Å². The van der Waals surface area contributed by atoms with Crippen LogP contribution < -0.4 is 24.8 Å². The Balaban J connectivity index is -0.000000374. The second kappa shape index (κ2) is 13.7. The molecule has 0 bridgehead atoms. The van der Waals surface area contributed by atoms with Gasteiger partial charge in [0, 0.05) is 6.61 Å². The van der Waals surface area contributed by atoms with Gasteiger partial charge in [0.15, 0.2) is 8.32 Å². The predicted octanol–water partition coefficient (Wildman–Crippen LogP) is 0.425. The van der Waals surface area contributed by atoms with E-state index in [9.17, 15) is 0 Å². The molecule has 5 heteroatoms. The quantitative estimate of drug-likeness (QED) is 0.307. The third-order valence-corrected chi connectivity index (χ3v) is 5.52. The molecule has 0 aromatic rings. The van der Waals surface area contributed by atoms with Crippen LogP contribution in [-0.4, -0.2) is 14.9 Å². The topological polar surface area (TPSA) is 9.23 Å². The zero-order valence-corrected chi connectivity index (χ0v) is 22.6. The van der Waals surface area contributed by atoms with E-state index in [0.29, 0.717) is 0 Å². The van der Waals surface area contributed by atoms with Gasteiger partial charge in [-0.1, -0.05) is 39.5 Å². The fraction of sp³-hybridized carbons (Fsp3) is 0.619. The maximum absolute atomic E-state index is 5.76. The van der Waals surface area contributed by atoms with Crippen LogP contribution >= 0.6 is 0 Å². The molecule has 2 rings (SSSR count). The van der Waals surface area contributed by atoms with E-state index >= 15 is 0 Å². The van der Waals surface area contributed by atoms with Crippen LogP contribution in [0, 0.1) is 17.6 Å². The Bertz CT molecular complexity index is 541. The SMILES string of the molecule is CC1=[C-]C(C)(C)C(C)=C1C.C[Si](C)(C)OCCCC1=[C-]CC=C1.[Cl-].[Cl-].[Zr+4]. The van der Waals surface area contributed by atoms with Crippen LogP contribution in [0.1, 0.15) is 53.9 Å². The fourth-order valence-corrected chi connectivity index (χ4v) is 3.43. The molecule has 0 aliphatic heterocycles. The zero-order chi connectivity index (χ0) is 17.7. The van der Waals surface area contributed by atoms with Crippen molar-refractivity contribution in [3.8, 4) is 0 Å². The van der Waals surface area contributed by atoms with E-state index < -0.39 is 8.32 Å². The molecule has 0 fully saturated rings. The summed E-state index contributed by atoms with van der Waals surface area (Å²) in [5.74, 6) is 0. The molecule has 0 amide bonds. The number of allylic oxidation sites excluding steroid dienone is 8. The first-order chi connectivity index (χ1) is 10.5. The molecule has 146 valence electrons. The Morgan fingerprint density at radius 1 is 1.12 bits per heavy atom. The summed E-state index contributed by atoms with van der Waals surface area (Å²) >= 11 is 0. The van der Waals surface area contributed by atoms with Crippen molar-refractivity contribution in [1.82, 2.24) is 0 Å². The van der Waals surface area contributed by atoms with E-state index in [1.807, 2.05) is 0 Å². The Kier molecular flexibility index (Phi) is 16.5. The van der Waals surface area contributed by atoms with Crippen LogP contribution in [0.3, 0.4) is 0 Å². The molecule has 0 spiro atoms. The maximum Gasteiger partial charge on any atom is 4.00 e. The number of hydrogen-bond donors (Lipinski definition) is 0. The van der Waals surface area contributed by atoms with E-state index in [1.165, 1.54) is 22.3 Å². The molecule has 0 aromatic heterocycles. The van der Waals surface area contributed by atoms with Gasteiger partial charge in [-0.2, -0.15) is 17.2 Å². The number of rotatable bonds is 5. The molecule has 0 saturated heterocycles. The van der Waals surface area contributed by atoms with Gasteiger partial charge in [-0.15, -0.1) is 13.3 Å². The summed E-state index contributed by atoms with van der Waals surface area (Å²) in [5, 5.41) is 0. The van der Waals surface area contributed by atoms with Gasteiger partial charge < -0.3 is 29.2 Å². The average molecular weight is 493 g/mol. The molecule has 26 heavy (non-hydrogen) atoms. The fourth-order valence-electron chi connectivity index (χ4n) is 2.67. The minimum absolute atomic E-state index is 0. The van der Waals surface area contributed by atoms with Crippen molar-refractivity contribution in [3.05, 3.63) is 46.6 Å². The molecule has 0 radical (unpaired) electrons. The Hall–Kier alpha value is 0.600. The van der Waals surface area contributed by atoms with Crippen molar-refractivity contribution in [3.63, 3.8) is 0 Å². The Labute approximate surface area is 194 Å². The molecular formula is C21H34Cl2OSiZr. The summed E-state index contributed by atoms with van der Waals surface area (Å²) in [5.41, 5.74) is 5.76. The minimum atomic E-state index is -1.28. The molecule has 2 aliphatic carbocycles. The minimum Gasteiger partial charge on any atom is -1.00 e. The molecule has 1 nitrogen and oxygen atoms in total. The van der Waals surface area contributed by atoms with Gasteiger partial charge >= 0.3 is 26.2 Å². The van der Waals surface area contributed by atoms with E-state index in [1.54, 1.807) is 0 Å². The molecule has 0 N–H and O–H groups in total. The Morgan fingerprint density at radius 2 is 1.69 bits per heavy atom. The number of hydrogen-bond acceptors (Lipinski definition) is 1. The number of halogens is 2. The van der Waals surface area contributed by atoms with Crippen LogP contribution in [-0.2, 0) is 30.6 Å². The molecule has 0 unspecified atom stereocenters. The van der Waals surface area contributed by atoms with Crippen molar-refractivity contribution in [2.24, 2.45) is 5.41 Å². The second-order valence-corrected chi connectivity index (χ2v) is 12.5. The molecule has 2 aliphatic rings. The van der Waals surface area contributed by atoms with Gasteiger partial charge in [-0.25, -0.2) is 17.2 Å². The second-order valence-electron chi connectivity index (χ2n) is 8.00. The molecule has 0 aromatic carbocycles. The van der Waals surface area contributed by atoms with E-state index in [-0.39, 0.29) is 56.4 Å². The molecule has 0 heterocycles. The van der Waals surface area contributed by atoms with Crippen LogP contribution in [0.15, 0.2) is 34.4 Å². The van der Waals surface area contributed by atoms with E-state index in [4.69, 9.17) is 4.43 Å². The molecule has 0 saturated carbocycles. The third-order valence-electron chi connectivity index (χ3n) is 4.45. The van der Waals surface area contributed by atoms with Gasteiger partial charge in [-0.05, 0) is 26.1 Å². The smallest absolute Gasteiger partial charge is 1.00 e. The molecule has 0 atom stereocenters. The third kappa shape index (κ3) is 11.4. The van der Waals surface area contributed by atoms with Gasteiger partial charge in [-0.3, -0.25) is 12.2 Å². The normalized spacial score (nSPS) is 17.2. The molecular weight excluding hydrogens is 458 g/mol. The van der Waals surface area contributed by atoms with Crippen LogP contribution in [0.2, 0.25) is 19.6 Å². The van der Waals surface area contributed by atoms with Crippen molar-refractivity contribution < 1.29 is 55.4 Å². The Morgan fingerprint density at radius 3 is 2.00 bits per heavy atom. The zero-order valence-electron chi connectivity index (χ0n) is 17.6. The largest absolute Gasteiger partial charge is 4.00 e.